The number of rotatable bonds is 5. The summed E-state index contributed by atoms with van der Waals surface area (Å²) in [5, 5.41) is 20.8. The molecule has 0 saturated heterocycles. The van der Waals surface area contributed by atoms with Crippen molar-refractivity contribution in [2.45, 2.75) is 12.4 Å². The van der Waals surface area contributed by atoms with E-state index in [2.05, 4.69) is 4.74 Å². The summed E-state index contributed by atoms with van der Waals surface area (Å²) in [4.78, 5) is 10.2. The molecule has 0 heterocycles. The molecule has 26 heavy (non-hydrogen) atoms. The second-order valence-corrected chi connectivity index (χ2v) is 4.94. The third-order valence-corrected chi connectivity index (χ3v) is 3.33. The number of alkyl halides is 3. The summed E-state index contributed by atoms with van der Waals surface area (Å²) in [6, 6.07) is 6.25. The van der Waals surface area contributed by atoms with Crippen LogP contribution in [0.2, 0.25) is 0 Å². The van der Waals surface area contributed by atoms with E-state index in [0.717, 1.165) is 18.2 Å². The molecule has 0 aliphatic rings. The van der Waals surface area contributed by atoms with Gasteiger partial charge in [0, 0.05) is 6.07 Å². The SMILES string of the molecule is COc1cc([C@H](N)c2ccc(OC(F)(F)F)cc2)cc([N+](=O)[O-])c1O.Cl. The summed E-state index contributed by atoms with van der Waals surface area (Å²) < 4.78 is 45.1. The predicted octanol–water partition coefficient (Wildman–Crippen LogP) is 3.68. The van der Waals surface area contributed by atoms with Crippen molar-refractivity contribution in [3.63, 3.8) is 0 Å². The molecule has 11 heteroatoms. The van der Waals surface area contributed by atoms with Gasteiger partial charge in [0.25, 0.3) is 0 Å². The normalized spacial score (nSPS) is 12.0. The van der Waals surface area contributed by atoms with Crippen molar-refractivity contribution in [3.05, 3.63) is 57.6 Å². The highest BCUT2D eigenvalue weighted by Crippen LogP contribution is 2.39. The summed E-state index contributed by atoms with van der Waals surface area (Å²) in [6.07, 6.45) is -4.81. The lowest BCUT2D eigenvalue weighted by Crippen LogP contribution is -2.17. The fourth-order valence-electron chi connectivity index (χ4n) is 2.16. The molecule has 0 spiro atoms. The zero-order valence-corrected chi connectivity index (χ0v) is 14.0. The molecule has 2 aromatic rings. The molecule has 1 atom stereocenters. The van der Waals surface area contributed by atoms with Crippen LogP contribution in [0, 0.1) is 10.1 Å². The molecule has 7 nitrogen and oxygen atoms in total. The Labute approximate surface area is 151 Å². The van der Waals surface area contributed by atoms with Gasteiger partial charge in [-0.25, -0.2) is 0 Å². The first-order valence-corrected chi connectivity index (χ1v) is 6.79. The number of phenols is 1. The molecule has 0 radical (unpaired) electrons. The van der Waals surface area contributed by atoms with Gasteiger partial charge >= 0.3 is 12.0 Å². The third kappa shape index (κ3) is 4.90. The average molecular weight is 395 g/mol. The van der Waals surface area contributed by atoms with Gasteiger partial charge in [0.2, 0.25) is 5.75 Å². The van der Waals surface area contributed by atoms with Gasteiger partial charge < -0.3 is 20.3 Å². The molecule has 0 aromatic heterocycles. The number of methoxy groups -OCH3 is 1. The molecular weight excluding hydrogens is 381 g/mol. The van der Waals surface area contributed by atoms with E-state index < -0.39 is 34.5 Å². The first-order valence-electron chi connectivity index (χ1n) is 6.79. The lowest BCUT2D eigenvalue weighted by atomic mass is 9.98. The van der Waals surface area contributed by atoms with Crippen molar-refractivity contribution in [2.75, 3.05) is 7.11 Å². The van der Waals surface area contributed by atoms with Gasteiger partial charge in [0.15, 0.2) is 5.75 Å². The molecule has 0 fully saturated rings. The van der Waals surface area contributed by atoms with E-state index in [-0.39, 0.29) is 23.7 Å². The number of hydrogen-bond acceptors (Lipinski definition) is 6. The number of hydrogen-bond donors (Lipinski definition) is 2. The fraction of sp³-hybridized carbons (Fsp3) is 0.200. The van der Waals surface area contributed by atoms with Crippen LogP contribution in [-0.4, -0.2) is 23.5 Å². The van der Waals surface area contributed by atoms with Crippen LogP contribution in [0.3, 0.4) is 0 Å². The lowest BCUT2D eigenvalue weighted by molar-refractivity contribution is -0.386. The second kappa shape index (κ2) is 8.11. The number of benzene rings is 2. The number of nitrogens with two attached hydrogens (primary N) is 1. The lowest BCUT2D eigenvalue weighted by Gasteiger charge is -2.15. The van der Waals surface area contributed by atoms with Crippen LogP contribution in [0.1, 0.15) is 17.2 Å². The monoisotopic (exact) mass is 394 g/mol. The number of nitro groups is 1. The molecule has 3 N–H and O–H groups in total. The van der Waals surface area contributed by atoms with Gasteiger partial charge in [-0.1, -0.05) is 12.1 Å². The number of ether oxygens (including phenoxy) is 2. The number of nitrogens with zero attached hydrogens (tertiary/aromatic N) is 1. The van der Waals surface area contributed by atoms with Crippen LogP contribution >= 0.6 is 12.4 Å². The smallest absolute Gasteiger partial charge is 0.500 e. The molecule has 0 amide bonds. The Morgan fingerprint density at radius 3 is 2.23 bits per heavy atom. The Balaban J connectivity index is 0.00000338. The van der Waals surface area contributed by atoms with Gasteiger partial charge in [0.1, 0.15) is 5.75 Å². The maximum Gasteiger partial charge on any atom is 0.573 e. The van der Waals surface area contributed by atoms with Crippen LogP contribution in [0.15, 0.2) is 36.4 Å². The van der Waals surface area contributed by atoms with Crippen molar-refractivity contribution >= 4 is 18.1 Å². The van der Waals surface area contributed by atoms with Gasteiger partial charge in [-0.3, -0.25) is 10.1 Å². The summed E-state index contributed by atoms with van der Waals surface area (Å²) >= 11 is 0. The van der Waals surface area contributed by atoms with E-state index in [1.165, 1.54) is 25.3 Å². The highest BCUT2D eigenvalue weighted by Gasteiger charge is 2.31. The molecule has 2 rings (SSSR count). The van der Waals surface area contributed by atoms with Crippen LogP contribution in [-0.2, 0) is 0 Å². The Morgan fingerprint density at radius 1 is 1.19 bits per heavy atom. The van der Waals surface area contributed by atoms with E-state index in [4.69, 9.17) is 10.5 Å². The maximum absolute atomic E-state index is 12.2. The molecule has 2 aromatic carbocycles. The molecule has 0 aliphatic heterocycles. The van der Waals surface area contributed by atoms with Gasteiger partial charge in [-0.05, 0) is 29.3 Å². The minimum atomic E-state index is -4.81. The minimum Gasteiger partial charge on any atom is -0.500 e. The van der Waals surface area contributed by atoms with E-state index >= 15 is 0 Å². The van der Waals surface area contributed by atoms with Crippen LogP contribution < -0.4 is 15.2 Å². The van der Waals surface area contributed by atoms with E-state index in [1.807, 2.05) is 0 Å². The molecule has 0 bridgehead atoms. The molecule has 0 aliphatic carbocycles. The van der Waals surface area contributed by atoms with Crippen molar-refractivity contribution in [1.29, 1.82) is 0 Å². The zero-order chi connectivity index (χ0) is 18.8. The minimum absolute atomic E-state index is 0. The van der Waals surface area contributed by atoms with Crippen LogP contribution in [0.25, 0.3) is 0 Å². The van der Waals surface area contributed by atoms with Crippen molar-refractivity contribution in [2.24, 2.45) is 5.73 Å². The van der Waals surface area contributed by atoms with Crippen molar-refractivity contribution in [1.82, 2.24) is 0 Å². The Hall–Kier alpha value is -2.72. The van der Waals surface area contributed by atoms with E-state index in [1.54, 1.807) is 0 Å². The summed E-state index contributed by atoms with van der Waals surface area (Å²) in [5.74, 6) is -1.20. The number of nitro benzene ring substituents is 1. The van der Waals surface area contributed by atoms with Crippen molar-refractivity contribution in [3.8, 4) is 17.2 Å². The molecule has 0 saturated carbocycles. The van der Waals surface area contributed by atoms with Gasteiger partial charge in [-0.15, -0.1) is 25.6 Å². The number of phenolic OH excluding ortho intramolecular Hbond substituents is 1. The highest BCUT2D eigenvalue weighted by atomic mass is 35.5. The highest BCUT2D eigenvalue weighted by molar-refractivity contribution is 5.85. The third-order valence-electron chi connectivity index (χ3n) is 3.33. The fourth-order valence-corrected chi connectivity index (χ4v) is 2.16. The van der Waals surface area contributed by atoms with Crippen LogP contribution in [0.5, 0.6) is 17.2 Å². The Morgan fingerprint density at radius 2 is 1.77 bits per heavy atom. The van der Waals surface area contributed by atoms with E-state index in [9.17, 15) is 28.4 Å². The number of aromatic hydroxyl groups is 1. The Kier molecular flexibility index (Phi) is 6.65. The first-order chi connectivity index (χ1) is 11.6. The van der Waals surface area contributed by atoms with E-state index in [0.29, 0.717) is 5.56 Å². The van der Waals surface area contributed by atoms with Gasteiger partial charge in [0.05, 0.1) is 18.1 Å². The standard InChI is InChI=1S/C15H13F3N2O5.ClH/c1-24-12-7-9(6-11(14(12)21)20(22)23)13(19)8-2-4-10(5-3-8)25-15(16,17)18;/h2-7,13,21H,19H2,1H3;1H/t13-;/m1./s1. The molecular formula is C15H14ClF3N2O5. The number of halogens is 4. The van der Waals surface area contributed by atoms with Gasteiger partial charge in [-0.2, -0.15) is 0 Å². The van der Waals surface area contributed by atoms with Crippen LogP contribution in [0.4, 0.5) is 18.9 Å². The second-order valence-electron chi connectivity index (χ2n) is 4.94. The quantitative estimate of drug-likeness (QED) is 0.591. The molecule has 142 valence electrons. The molecule has 0 unspecified atom stereocenters. The summed E-state index contributed by atoms with van der Waals surface area (Å²) in [7, 11) is 1.22. The zero-order valence-electron chi connectivity index (χ0n) is 13.2. The predicted molar refractivity (Wildman–Crippen MR) is 87.7 cm³/mol. The largest absolute Gasteiger partial charge is 0.573 e. The maximum atomic E-state index is 12.2. The average Bonchev–Trinajstić information content (AvgIpc) is 2.53. The Bertz CT molecular complexity index is 784. The topological polar surface area (TPSA) is 108 Å². The van der Waals surface area contributed by atoms with Crippen molar-refractivity contribution < 1.29 is 32.7 Å². The first kappa shape index (κ1) is 21.3. The summed E-state index contributed by atoms with van der Waals surface area (Å²) in [6.45, 7) is 0. The summed E-state index contributed by atoms with van der Waals surface area (Å²) in [5.41, 5.74) is 6.05.